The number of hydrogen-bond donors (Lipinski definition) is 2. The number of fused-ring (bicyclic) bond motifs is 3. The van der Waals surface area contributed by atoms with Crippen LogP contribution in [0.5, 0.6) is 0 Å². The van der Waals surface area contributed by atoms with Crippen molar-refractivity contribution in [2.45, 2.75) is 31.2 Å². The van der Waals surface area contributed by atoms with E-state index in [1.54, 1.807) is 4.90 Å². The molecule has 1 unspecified atom stereocenters. The number of carbonyl (C=O) groups is 3. The highest BCUT2D eigenvalue weighted by Crippen LogP contribution is 2.40. The molecule has 1 aliphatic heterocycles. The second-order valence-corrected chi connectivity index (χ2v) is 7.96. The van der Waals surface area contributed by atoms with Gasteiger partial charge in [-0.2, -0.15) is 0 Å². The molecule has 2 aliphatic carbocycles. The summed E-state index contributed by atoms with van der Waals surface area (Å²) in [6.45, 7) is 0.284. The molecule has 2 fully saturated rings. The molecule has 142 valence electrons. The summed E-state index contributed by atoms with van der Waals surface area (Å²) in [4.78, 5) is 38.0. The first kappa shape index (κ1) is 17.0. The van der Waals surface area contributed by atoms with Gasteiger partial charge in [-0.15, -0.1) is 0 Å². The van der Waals surface area contributed by atoms with Crippen LogP contribution in [-0.2, 0) is 20.8 Å². The number of anilines is 1. The second kappa shape index (κ2) is 5.92. The third-order valence-electron chi connectivity index (χ3n) is 6.11. The van der Waals surface area contributed by atoms with Crippen molar-refractivity contribution in [2.75, 3.05) is 11.4 Å². The standard InChI is InChI=1S/C22H20N2O4/c25-19-11-15(20(26)23-22(7-8-22)21(27)28)12-24(19)16-5-6-18-14(10-16)9-13-3-1-2-4-17(13)18/h1-6,10,15H,7-9,11-12H2,(H,23,26)(H,27,28). The van der Waals surface area contributed by atoms with Gasteiger partial charge in [0.15, 0.2) is 0 Å². The van der Waals surface area contributed by atoms with E-state index in [2.05, 4.69) is 17.4 Å². The van der Waals surface area contributed by atoms with Gasteiger partial charge in [-0.05, 0) is 53.6 Å². The van der Waals surface area contributed by atoms with Crippen LogP contribution in [0, 0.1) is 5.92 Å². The zero-order chi connectivity index (χ0) is 19.5. The molecule has 2 N–H and O–H groups in total. The Kier molecular flexibility index (Phi) is 3.59. The summed E-state index contributed by atoms with van der Waals surface area (Å²) in [7, 11) is 0. The number of hydrogen-bond acceptors (Lipinski definition) is 3. The zero-order valence-corrected chi connectivity index (χ0v) is 15.3. The van der Waals surface area contributed by atoms with E-state index < -0.39 is 17.4 Å². The molecule has 6 nitrogen and oxygen atoms in total. The molecule has 0 aromatic heterocycles. The maximum Gasteiger partial charge on any atom is 0.329 e. The number of benzene rings is 2. The van der Waals surface area contributed by atoms with Crippen LogP contribution in [0.25, 0.3) is 11.1 Å². The molecular weight excluding hydrogens is 356 g/mol. The minimum absolute atomic E-state index is 0.101. The highest BCUT2D eigenvalue weighted by atomic mass is 16.4. The Bertz CT molecular complexity index is 1020. The molecule has 28 heavy (non-hydrogen) atoms. The Morgan fingerprint density at radius 1 is 1.07 bits per heavy atom. The van der Waals surface area contributed by atoms with Crippen LogP contribution in [0.1, 0.15) is 30.4 Å². The molecule has 0 bridgehead atoms. The molecule has 6 heteroatoms. The third kappa shape index (κ3) is 2.59. The fourth-order valence-corrected chi connectivity index (χ4v) is 4.29. The van der Waals surface area contributed by atoms with Gasteiger partial charge in [-0.1, -0.05) is 30.3 Å². The fraction of sp³-hybridized carbons (Fsp3) is 0.318. The molecule has 2 aromatic carbocycles. The Morgan fingerprint density at radius 3 is 2.57 bits per heavy atom. The van der Waals surface area contributed by atoms with Gasteiger partial charge < -0.3 is 15.3 Å². The lowest BCUT2D eigenvalue weighted by Gasteiger charge is -2.19. The number of aliphatic carboxylic acids is 1. The molecule has 5 rings (SSSR count). The summed E-state index contributed by atoms with van der Waals surface area (Å²) in [5.74, 6) is -1.96. The van der Waals surface area contributed by atoms with E-state index in [1.165, 1.54) is 22.3 Å². The number of nitrogens with zero attached hydrogens (tertiary/aromatic N) is 1. The maximum absolute atomic E-state index is 12.6. The SMILES string of the molecule is O=C(NC1(C(=O)O)CC1)C1CC(=O)N(c2ccc3c(c2)Cc2ccccc2-3)C1. The molecule has 1 saturated carbocycles. The minimum atomic E-state index is -1.12. The van der Waals surface area contributed by atoms with Crippen molar-refractivity contribution in [3.05, 3.63) is 53.6 Å². The first-order chi connectivity index (χ1) is 13.5. The van der Waals surface area contributed by atoms with E-state index in [9.17, 15) is 19.5 Å². The molecule has 0 spiro atoms. The number of carbonyl (C=O) groups excluding carboxylic acids is 2. The van der Waals surface area contributed by atoms with Gasteiger partial charge >= 0.3 is 5.97 Å². The van der Waals surface area contributed by atoms with Gasteiger partial charge in [0.1, 0.15) is 5.54 Å². The molecule has 2 aromatic rings. The molecule has 0 radical (unpaired) electrons. The summed E-state index contributed by atoms with van der Waals surface area (Å²) < 4.78 is 0. The summed E-state index contributed by atoms with van der Waals surface area (Å²) in [5.41, 5.74) is 4.57. The fourth-order valence-electron chi connectivity index (χ4n) is 4.29. The predicted octanol–water partition coefficient (Wildman–Crippen LogP) is 2.34. The van der Waals surface area contributed by atoms with Crippen LogP contribution < -0.4 is 10.2 Å². The zero-order valence-electron chi connectivity index (χ0n) is 15.3. The summed E-state index contributed by atoms with van der Waals surface area (Å²) >= 11 is 0. The molecule has 3 aliphatic rings. The quantitative estimate of drug-likeness (QED) is 0.732. The van der Waals surface area contributed by atoms with Crippen molar-refractivity contribution < 1.29 is 19.5 Å². The molecule has 2 amide bonds. The molecule has 1 atom stereocenters. The summed E-state index contributed by atoms with van der Waals surface area (Å²) in [5, 5.41) is 11.9. The smallest absolute Gasteiger partial charge is 0.329 e. The monoisotopic (exact) mass is 376 g/mol. The van der Waals surface area contributed by atoms with Crippen molar-refractivity contribution in [3.8, 4) is 11.1 Å². The predicted molar refractivity (Wildman–Crippen MR) is 103 cm³/mol. The van der Waals surface area contributed by atoms with Crippen LogP contribution in [0.3, 0.4) is 0 Å². The van der Waals surface area contributed by atoms with Crippen LogP contribution in [-0.4, -0.2) is 35.0 Å². The maximum atomic E-state index is 12.6. The Balaban J connectivity index is 1.34. The van der Waals surface area contributed by atoms with Crippen molar-refractivity contribution >= 4 is 23.5 Å². The van der Waals surface area contributed by atoms with Gasteiger partial charge in [-0.25, -0.2) is 4.79 Å². The highest BCUT2D eigenvalue weighted by molar-refractivity contribution is 6.01. The topological polar surface area (TPSA) is 86.7 Å². The van der Waals surface area contributed by atoms with Crippen molar-refractivity contribution in [3.63, 3.8) is 0 Å². The Labute approximate surface area is 162 Å². The van der Waals surface area contributed by atoms with Crippen LogP contribution in [0.15, 0.2) is 42.5 Å². The molecule has 1 saturated heterocycles. The van der Waals surface area contributed by atoms with Crippen LogP contribution in [0.2, 0.25) is 0 Å². The Hall–Kier alpha value is -3.15. The third-order valence-corrected chi connectivity index (χ3v) is 6.11. The largest absolute Gasteiger partial charge is 0.480 e. The second-order valence-electron chi connectivity index (χ2n) is 7.96. The number of rotatable bonds is 4. The number of nitrogens with one attached hydrogen (secondary N) is 1. The number of carboxylic acid groups (broad SMARTS) is 1. The van der Waals surface area contributed by atoms with Gasteiger partial charge in [0.2, 0.25) is 11.8 Å². The lowest BCUT2D eigenvalue weighted by atomic mass is 10.1. The van der Waals surface area contributed by atoms with Gasteiger partial charge in [-0.3, -0.25) is 9.59 Å². The van der Waals surface area contributed by atoms with Crippen molar-refractivity contribution in [2.24, 2.45) is 5.92 Å². The van der Waals surface area contributed by atoms with Crippen molar-refractivity contribution in [1.82, 2.24) is 5.32 Å². The van der Waals surface area contributed by atoms with Crippen LogP contribution >= 0.6 is 0 Å². The highest BCUT2D eigenvalue weighted by Gasteiger charge is 2.52. The van der Waals surface area contributed by atoms with E-state index in [0.29, 0.717) is 12.8 Å². The average molecular weight is 376 g/mol. The van der Waals surface area contributed by atoms with Gasteiger partial charge in [0, 0.05) is 18.7 Å². The van der Waals surface area contributed by atoms with E-state index in [4.69, 9.17) is 0 Å². The average Bonchev–Trinajstić information content (AvgIpc) is 3.22. The van der Waals surface area contributed by atoms with Crippen molar-refractivity contribution in [1.29, 1.82) is 0 Å². The first-order valence-electron chi connectivity index (χ1n) is 9.54. The lowest BCUT2D eigenvalue weighted by molar-refractivity contribution is -0.143. The van der Waals surface area contributed by atoms with E-state index in [1.807, 2.05) is 30.3 Å². The number of carboxylic acids is 1. The molecule has 1 heterocycles. The van der Waals surface area contributed by atoms with Crippen LogP contribution in [0.4, 0.5) is 5.69 Å². The van der Waals surface area contributed by atoms with E-state index in [0.717, 1.165) is 12.1 Å². The van der Waals surface area contributed by atoms with E-state index >= 15 is 0 Å². The lowest BCUT2D eigenvalue weighted by Crippen LogP contribution is -2.46. The number of amides is 2. The molecular formula is C22H20N2O4. The minimum Gasteiger partial charge on any atom is -0.480 e. The summed E-state index contributed by atoms with van der Waals surface area (Å²) in [6, 6.07) is 14.3. The normalized spacial score (nSPS) is 21.2. The van der Waals surface area contributed by atoms with Gasteiger partial charge in [0.25, 0.3) is 0 Å². The Morgan fingerprint density at radius 2 is 1.82 bits per heavy atom. The van der Waals surface area contributed by atoms with E-state index in [-0.39, 0.29) is 24.8 Å². The summed E-state index contributed by atoms with van der Waals surface area (Å²) in [6.07, 6.45) is 1.85. The first-order valence-corrected chi connectivity index (χ1v) is 9.54. The van der Waals surface area contributed by atoms with Gasteiger partial charge in [0.05, 0.1) is 5.92 Å².